The first-order valence-corrected chi connectivity index (χ1v) is 10.4. The molecule has 1 N–H and O–H groups in total. The van der Waals surface area contributed by atoms with Gasteiger partial charge in [-0.2, -0.15) is 0 Å². The van der Waals surface area contributed by atoms with E-state index in [1.165, 1.54) is 56.9 Å². The van der Waals surface area contributed by atoms with Crippen molar-refractivity contribution in [2.75, 3.05) is 0 Å². The fraction of sp³-hybridized carbons (Fsp3) is 0.750. The zero-order valence-electron chi connectivity index (χ0n) is 18.0. The third kappa shape index (κ3) is 7.42. The first-order chi connectivity index (χ1) is 11.6. The average molecular weight is 347 g/mol. The molecule has 0 amide bonds. The molecule has 0 aromatic heterocycles. The highest BCUT2D eigenvalue weighted by Gasteiger charge is 2.26. The molecule has 1 heteroatoms. The Bertz CT molecular complexity index is 479. The minimum absolute atomic E-state index is 0.0284. The number of phenols is 1. The Morgan fingerprint density at radius 2 is 1.08 bits per heavy atom. The summed E-state index contributed by atoms with van der Waals surface area (Å²) in [5, 5.41) is 10.8. The van der Waals surface area contributed by atoms with Gasteiger partial charge in [-0.3, -0.25) is 0 Å². The minimum atomic E-state index is -0.0284. The maximum Gasteiger partial charge on any atom is 0.123 e. The van der Waals surface area contributed by atoms with Gasteiger partial charge in [0.25, 0.3) is 0 Å². The highest BCUT2D eigenvalue weighted by Crippen LogP contribution is 2.40. The third-order valence-electron chi connectivity index (χ3n) is 5.10. The van der Waals surface area contributed by atoms with Crippen LogP contribution >= 0.6 is 0 Å². The first-order valence-electron chi connectivity index (χ1n) is 10.4. The summed E-state index contributed by atoms with van der Waals surface area (Å²) in [5.41, 5.74) is 3.52. The van der Waals surface area contributed by atoms with E-state index in [9.17, 15) is 5.11 Å². The maximum absolute atomic E-state index is 10.8. The lowest BCUT2D eigenvalue weighted by molar-refractivity contribution is 0.422. The third-order valence-corrected chi connectivity index (χ3v) is 5.10. The summed E-state index contributed by atoms with van der Waals surface area (Å²) < 4.78 is 0. The predicted molar refractivity (Wildman–Crippen MR) is 112 cm³/mol. The fourth-order valence-corrected chi connectivity index (χ4v) is 3.45. The Morgan fingerprint density at radius 3 is 1.48 bits per heavy atom. The van der Waals surface area contributed by atoms with Crippen LogP contribution < -0.4 is 0 Å². The summed E-state index contributed by atoms with van der Waals surface area (Å²) in [6.07, 6.45) is 12.0. The number of benzene rings is 1. The van der Waals surface area contributed by atoms with E-state index in [1.807, 2.05) is 0 Å². The lowest BCUT2D eigenvalue weighted by Gasteiger charge is -2.28. The Labute approximate surface area is 157 Å². The molecule has 0 unspecified atom stereocenters. The zero-order valence-corrected chi connectivity index (χ0v) is 18.0. The van der Waals surface area contributed by atoms with E-state index in [1.54, 1.807) is 0 Å². The van der Waals surface area contributed by atoms with Crippen molar-refractivity contribution in [3.05, 3.63) is 28.8 Å². The van der Waals surface area contributed by atoms with Gasteiger partial charge < -0.3 is 5.11 Å². The molecule has 25 heavy (non-hydrogen) atoms. The average Bonchev–Trinajstić information content (AvgIpc) is 2.48. The van der Waals surface area contributed by atoms with Crippen molar-refractivity contribution in [2.24, 2.45) is 0 Å². The number of phenolic OH excluding ortho intramolecular Hbond substituents is 1. The first kappa shape index (κ1) is 22.1. The molecule has 0 radical (unpaired) electrons. The Morgan fingerprint density at radius 1 is 0.680 bits per heavy atom. The molecule has 0 bridgehead atoms. The predicted octanol–water partition coefficient (Wildman–Crippen LogP) is 7.67. The van der Waals surface area contributed by atoms with Gasteiger partial charge in [0.05, 0.1) is 0 Å². The molecule has 1 aromatic rings. The Hall–Kier alpha value is -0.980. The second-order valence-corrected chi connectivity index (χ2v) is 9.76. The summed E-state index contributed by atoms with van der Waals surface area (Å²) in [6.45, 7) is 15.4. The molecule has 0 aliphatic carbocycles. The van der Waals surface area contributed by atoms with Crippen molar-refractivity contribution >= 4 is 0 Å². The topological polar surface area (TPSA) is 20.2 Å². The van der Waals surface area contributed by atoms with Gasteiger partial charge in [0.2, 0.25) is 0 Å². The molecule has 1 aromatic carbocycles. The van der Waals surface area contributed by atoms with Crippen LogP contribution in [-0.2, 0) is 17.3 Å². The molecule has 0 aliphatic rings. The standard InChI is InChI=1S/C24H42O/c1-8-9-10-11-12-13-14-15-16-19-17-20(23(2,3)4)22(25)21(18-19)24(5,6)7/h17-18,25H,8-16H2,1-7H3. The lowest BCUT2D eigenvalue weighted by Crippen LogP contribution is -2.18. The molecule has 0 aliphatic heterocycles. The van der Waals surface area contributed by atoms with Crippen LogP contribution in [0, 0.1) is 0 Å². The maximum atomic E-state index is 10.8. The molecule has 0 spiro atoms. The van der Waals surface area contributed by atoms with Crippen LogP contribution in [0.4, 0.5) is 0 Å². The summed E-state index contributed by atoms with van der Waals surface area (Å²) in [5.74, 6) is 0.500. The molecule has 1 rings (SSSR count). The summed E-state index contributed by atoms with van der Waals surface area (Å²) in [6, 6.07) is 4.48. The monoisotopic (exact) mass is 346 g/mol. The van der Waals surface area contributed by atoms with Crippen LogP contribution in [0.1, 0.15) is 117 Å². The molecule has 1 nitrogen and oxygen atoms in total. The van der Waals surface area contributed by atoms with E-state index in [-0.39, 0.29) is 10.8 Å². The quantitative estimate of drug-likeness (QED) is 0.455. The summed E-state index contributed by atoms with van der Waals surface area (Å²) in [7, 11) is 0. The van der Waals surface area contributed by atoms with E-state index >= 15 is 0 Å². The second kappa shape index (κ2) is 9.64. The van der Waals surface area contributed by atoms with Crippen LogP contribution in [0.3, 0.4) is 0 Å². The molecule has 0 saturated carbocycles. The molecule has 0 heterocycles. The summed E-state index contributed by atoms with van der Waals surface area (Å²) >= 11 is 0. The van der Waals surface area contributed by atoms with Crippen LogP contribution in [0.5, 0.6) is 5.75 Å². The van der Waals surface area contributed by atoms with Crippen molar-refractivity contribution in [1.82, 2.24) is 0 Å². The van der Waals surface area contributed by atoms with Gasteiger partial charge in [-0.15, -0.1) is 0 Å². The Kier molecular flexibility index (Phi) is 8.51. The number of unbranched alkanes of at least 4 members (excludes halogenated alkanes) is 7. The van der Waals surface area contributed by atoms with Gasteiger partial charge in [0.1, 0.15) is 5.75 Å². The zero-order chi connectivity index (χ0) is 19.1. The van der Waals surface area contributed by atoms with Crippen LogP contribution in [0.25, 0.3) is 0 Å². The second-order valence-electron chi connectivity index (χ2n) is 9.76. The molecule has 144 valence electrons. The number of rotatable bonds is 9. The van der Waals surface area contributed by atoms with Crippen LogP contribution in [-0.4, -0.2) is 5.11 Å². The highest BCUT2D eigenvalue weighted by atomic mass is 16.3. The Balaban J connectivity index is 2.71. The molecule has 0 fully saturated rings. The molecule has 0 atom stereocenters. The van der Waals surface area contributed by atoms with Crippen molar-refractivity contribution < 1.29 is 5.11 Å². The van der Waals surface area contributed by atoms with Gasteiger partial charge in [-0.1, -0.05) is 106 Å². The van der Waals surface area contributed by atoms with Gasteiger partial charge in [-0.25, -0.2) is 0 Å². The van der Waals surface area contributed by atoms with Crippen molar-refractivity contribution in [3.8, 4) is 5.75 Å². The van der Waals surface area contributed by atoms with E-state index in [0.29, 0.717) is 5.75 Å². The van der Waals surface area contributed by atoms with Gasteiger partial charge in [0.15, 0.2) is 0 Å². The largest absolute Gasteiger partial charge is 0.507 e. The van der Waals surface area contributed by atoms with Gasteiger partial charge in [-0.05, 0) is 40.4 Å². The van der Waals surface area contributed by atoms with Crippen LogP contribution in [0.2, 0.25) is 0 Å². The summed E-state index contributed by atoms with van der Waals surface area (Å²) in [4.78, 5) is 0. The minimum Gasteiger partial charge on any atom is -0.507 e. The number of aromatic hydroxyl groups is 1. The molecule has 0 saturated heterocycles. The smallest absolute Gasteiger partial charge is 0.123 e. The van der Waals surface area contributed by atoms with E-state index in [4.69, 9.17) is 0 Å². The normalized spacial score (nSPS) is 12.6. The van der Waals surface area contributed by atoms with Crippen molar-refractivity contribution in [3.63, 3.8) is 0 Å². The van der Waals surface area contributed by atoms with Gasteiger partial charge >= 0.3 is 0 Å². The van der Waals surface area contributed by atoms with Crippen molar-refractivity contribution in [1.29, 1.82) is 0 Å². The van der Waals surface area contributed by atoms with Crippen LogP contribution in [0.15, 0.2) is 12.1 Å². The fourth-order valence-electron chi connectivity index (χ4n) is 3.45. The number of aryl methyl sites for hydroxylation is 1. The van der Waals surface area contributed by atoms with Gasteiger partial charge in [0, 0.05) is 0 Å². The lowest BCUT2D eigenvalue weighted by atomic mass is 9.78. The van der Waals surface area contributed by atoms with E-state index in [0.717, 1.165) is 17.5 Å². The number of hydrogen-bond donors (Lipinski definition) is 1. The highest BCUT2D eigenvalue weighted by molar-refractivity contribution is 5.49. The van der Waals surface area contributed by atoms with E-state index < -0.39 is 0 Å². The molecular formula is C24H42O. The van der Waals surface area contributed by atoms with E-state index in [2.05, 4.69) is 60.6 Å². The molecular weight excluding hydrogens is 304 g/mol. The SMILES string of the molecule is CCCCCCCCCCc1cc(C(C)(C)C)c(O)c(C(C)(C)C)c1. The number of hydrogen-bond acceptors (Lipinski definition) is 1. The van der Waals surface area contributed by atoms with Crippen molar-refractivity contribution in [2.45, 2.75) is 117 Å².